The summed E-state index contributed by atoms with van der Waals surface area (Å²) in [4.78, 5) is 39.6. The van der Waals surface area contributed by atoms with Crippen LogP contribution in [0, 0.1) is 5.92 Å². The standard InChI is InChI=1S/C34H38N2O4/c1-20(2)29(32(39)40)36-19-24-8-7-22(17-26(24)31(36)38)21-9-12-25(13-10-21)35-30(37)23-11-14-27-28(18-23)34(5,6)16-15-33(27,3)4/h7-14,17-18,20,29H,15-16,19H2,1-6H3,(H,35,37)(H,39,40)/t29-/m0/s1. The summed E-state index contributed by atoms with van der Waals surface area (Å²) in [6, 6.07) is 18.5. The summed E-state index contributed by atoms with van der Waals surface area (Å²) in [5.74, 6) is -1.58. The Morgan fingerprint density at radius 2 is 1.48 bits per heavy atom. The van der Waals surface area contributed by atoms with Crippen LogP contribution < -0.4 is 5.32 Å². The second kappa shape index (κ2) is 9.92. The Morgan fingerprint density at radius 3 is 2.10 bits per heavy atom. The molecule has 1 aliphatic heterocycles. The van der Waals surface area contributed by atoms with Crippen LogP contribution >= 0.6 is 0 Å². The number of benzene rings is 3. The van der Waals surface area contributed by atoms with Gasteiger partial charge in [0.2, 0.25) is 0 Å². The van der Waals surface area contributed by atoms with E-state index in [1.807, 2.05) is 62.4 Å². The van der Waals surface area contributed by atoms with E-state index in [0.29, 0.717) is 23.4 Å². The molecule has 3 aromatic carbocycles. The van der Waals surface area contributed by atoms with Gasteiger partial charge in [-0.1, -0.05) is 71.9 Å². The van der Waals surface area contributed by atoms with Crippen molar-refractivity contribution in [1.29, 1.82) is 0 Å². The highest BCUT2D eigenvalue weighted by atomic mass is 16.4. The van der Waals surface area contributed by atoms with Gasteiger partial charge in [0.1, 0.15) is 6.04 Å². The van der Waals surface area contributed by atoms with Crippen LogP contribution in [0.25, 0.3) is 11.1 Å². The summed E-state index contributed by atoms with van der Waals surface area (Å²) >= 11 is 0. The molecule has 0 fully saturated rings. The average molecular weight is 539 g/mol. The van der Waals surface area contributed by atoms with Gasteiger partial charge >= 0.3 is 5.97 Å². The minimum absolute atomic E-state index is 0.0282. The summed E-state index contributed by atoms with van der Waals surface area (Å²) in [5, 5.41) is 12.7. The highest BCUT2D eigenvalue weighted by Crippen LogP contribution is 2.46. The molecule has 5 rings (SSSR count). The zero-order chi connectivity index (χ0) is 29.0. The number of carbonyl (C=O) groups is 3. The van der Waals surface area contributed by atoms with Gasteiger partial charge in [0.15, 0.2) is 0 Å². The van der Waals surface area contributed by atoms with Crippen molar-refractivity contribution in [1.82, 2.24) is 4.90 Å². The molecule has 2 amide bonds. The first-order valence-electron chi connectivity index (χ1n) is 14.0. The van der Waals surface area contributed by atoms with E-state index in [0.717, 1.165) is 29.5 Å². The quantitative estimate of drug-likeness (QED) is 0.353. The largest absolute Gasteiger partial charge is 0.480 e. The maximum absolute atomic E-state index is 13.2. The third kappa shape index (κ3) is 4.91. The van der Waals surface area contributed by atoms with Crippen molar-refractivity contribution >= 4 is 23.5 Å². The number of amides is 2. The van der Waals surface area contributed by atoms with Crippen molar-refractivity contribution in [2.45, 2.75) is 77.8 Å². The minimum atomic E-state index is -0.989. The van der Waals surface area contributed by atoms with E-state index in [-0.39, 0.29) is 28.6 Å². The lowest BCUT2D eigenvalue weighted by atomic mass is 9.63. The molecule has 1 aliphatic carbocycles. The van der Waals surface area contributed by atoms with Gasteiger partial charge in [-0.15, -0.1) is 0 Å². The van der Waals surface area contributed by atoms with Gasteiger partial charge in [0.25, 0.3) is 11.8 Å². The second-order valence-electron chi connectivity index (χ2n) is 12.9. The number of rotatable bonds is 6. The van der Waals surface area contributed by atoms with E-state index in [9.17, 15) is 19.5 Å². The van der Waals surface area contributed by atoms with Crippen molar-refractivity contribution in [3.8, 4) is 11.1 Å². The van der Waals surface area contributed by atoms with Crippen molar-refractivity contribution in [3.63, 3.8) is 0 Å². The number of carbonyl (C=O) groups excluding carboxylic acids is 2. The highest BCUT2D eigenvalue weighted by molar-refractivity contribution is 6.05. The maximum atomic E-state index is 13.2. The summed E-state index contributed by atoms with van der Waals surface area (Å²) in [5.41, 5.74) is 7.19. The average Bonchev–Trinajstić information content (AvgIpc) is 3.21. The van der Waals surface area contributed by atoms with E-state index < -0.39 is 12.0 Å². The SMILES string of the molecule is CC(C)[C@@H](C(=O)O)N1Cc2ccc(-c3ccc(NC(=O)c4ccc5c(c4)C(C)(C)CCC5(C)C)cc3)cc2C1=O. The predicted octanol–water partition coefficient (Wildman–Crippen LogP) is 7.02. The molecule has 0 radical (unpaired) electrons. The first-order chi connectivity index (χ1) is 18.8. The van der Waals surface area contributed by atoms with Crippen LogP contribution in [0.2, 0.25) is 0 Å². The van der Waals surface area contributed by atoms with Gasteiger partial charge in [-0.05, 0) is 87.7 Å². The van der Waals surface area contributed by atoms with Crippen molar-refractivity contribution in [2.75, 3.05) is 5.32 Å². The van der Waals surface area contributed by atoms with E-state index in [2.05, 4.69) is 45.1 Å². The summed E-state index contributed by atoms with van der Waals surface area (Å²) in [6.45, 7) is 13.0. The fraction of sp³-hybridized carbons (Fsp3) is 0.382. The summed E-state index contributed by atoms with van der Waals surface area (Å²) in [7, 11) is 0. The summed E-state index contributed by atoms with van der Waals surface area (Å²) < 4.78 is 0. The van der Waals surface area contributed by atoms with E-state index in [1.165, 1.54) is 16.0 Å². The van der Waals surface area contributed by atoms with Crippen LogP contribution in [0.3, 0.4) is 0 Å². The number of anilines is 1. The van der Waals surface area contributed by atoms with Gasteiger partial charge in [-0.3, -0.25) is 9.59 Å². The molecule has 40 heavy (non-hydrogen) atoms. The lowest BCUT2D eigenvalue weighted by Gasteiger charge is -2.42. The number of hydrogen-bond donors (Lipinski definition) is 2. The normalized spacial score (nSPS) is 17.8. The third-order valence-electron chi connectivity index (χ3n) is 8.75. The molecule has 0 spiro atoms. The molecule has 0 aromatic heterocycles. The molecular formula is C34H38N2O4. The Morgan fingerprint density at radius 1 is 0.850 bits per heavy atom. The number of hydrogen-bond acceptors (Lipinski definition) is 3. The van der Waals surface area contributed by atoms with Crippen molar-refractivity contribution in [3.05, 3.63) is 88.5 Å². The number of carboxylic acid groups (broad SMARTS) is 1. The Hall–Kier alpha value is -3.93. The smallest absolute Gasteiger partial charge is 0.326 e. The zero-order valence-electron chi connectivity index (χ0n) is 24.2. The molecule has 3 aromatic rings. The van der Waals surface area contributed by atoms with E-state index in [4.69, 9.17) is 0 Å². The number of nitrogens with one attached hydrogen (secondary N) is 1. The Kier molecular flexibility index (Phi) is 6.85. The maximum Gasteiger partial charge on any atom is 0.326 e. The molecule has 0 saturated carbocycles. The van der Waals surface area contributed by atoms with Crippen LogP contribution in [0.4, 0.5) is 5.69 Å². The van der Waals surface area contributed by atoms with Crippen molar-refractivity contribution < 1.29 is 19.5 Å². The molecule has 0 unspecified atom stereocenters. The monoisotopic (exact) mass is 538 g/mol. The lowest BCUT2D eigenvalue weighted by Crippen LogP contribution is -2.44. The first-order valence-corrected chi connectivity index (χ1v) is 14.0. The van der Waals surface area contributed by atoms with E-state index >= 15 is 0 Å². The Balaban J connectivity index is 1.33. The van der Waals surface area contributed by atoms with Gasteiger partial charge in [0, 0.05) is 23.4 Å². The lowest BCUT2D eigenvalue weighted by molar-refractivity contribution is -0.144. The molecule has 1 heterocycles. The zero-order valence-corrected chi connectivity index (χ0v) is 24.2. The number of carboxylic acids is 1. The van der Waals surface area contributed by atoms with Crippen LogP contribution in [0.1, 0.15) is 91.8 Å². The fourth-order valence-corrected chi connectivity index (χ4v) is 6.19. The third-order valence-corrected chi connectivity index (χ3v) is 8.75. The summed E-state index contributed by atoms with van der Waals surface area (Å²) in [6.07, 6.45) is 2.21. The molecule has 2 N–H and O–H groups in total. The Bertz CT molecular complexity index is 1500. The molecular weight excluding hydrogens is 500 g/mol. The highest BCUT2D eigenvalue weighted by Gasteiger charge is 2.39. The first kappa shape index (κ1) is 27.6. The topological polar surface area (TPSA) is 86.7 Å². The van der Waals surface area contributed by atoms with Gasteiger partial charge in [-0.25, -0.2) is 4.79 Å². The number of nitrogens with zero attached hydrogens (tertiary/aromatic N) is 1. The molecule has 6 nitrogen and oxygen atoms in total. The van der Waals surface area contributed by atoms with E-state index in [1.54, 1.807) is 0 Å². The van der Waals surface area contributed by atoms with Crippen LogP contribution in [-0.4, -0.2) is 33.8 Å². The fourth-order valence-electron chi connectivity index (χ4n) is 6.19. The predicted molar refractivity (Wildman–Crippen MR) is 158 cm³/mol. The molecule has 0 bridgehead atoms. The number of fused-ring (bicyclic) bond motifs is 2. The molecule has 6 heteroatoms. The Labute approximate surface area is 236 Å². The van der Waals surface area contributed by atoms with Gasteiger partial charge in [0.05, 0.1) is 0 Å². The molecule has 0 saturated heterocycles. The second-order valence-corrected chi connectivity index (χ2v) is 12.9. The van der Waals surface area contributed by atoms with Crippen molar-refractivity contribution in [2.24, 2.45) is 5.92 Å². The molecule has 2 aliphatic rings. The minimum Gasteiger partial charge on any atom is -0.480 e. The van der Waals surface area contributed by atoms with Crippen LogP contribution in [-0.2, 0) is 22.2 Å². The molecule has 208 valence electrons. The number of aliphatic carboxylic acids is 1. The van der Waals surface area contributed by atoms with Gasteiger partial charge in [-0.2, -0.15) is 0 Å². The van der Waals surface area contributed by atoms with Crippen LogP contribution in [0.15, 0.2) is 60.7 Å². The van der Waals surface area contributed by atoms with Crippen LogP contribution in [0.5, 0.6) is 0 Å². The van der Waals surface area contributed by atoms with Gasteiger partial charge < -0.3 is 15.3 Å². The molecule has 1 atom stereocenters.